The largest absolute Gasteiger partial charge is 0.478 e. The van der Waals surface area contributed by atoms with Crippen LogP contribution < -0.4 is 0 Å². The number of carbonyl (C=O) groups is 4. The molecule has 4 heterocycles. The summed E-state index contributed by atoms with van der Waals surface area (Å²) >= 11 is 0. The van der Waals surface area contributed by atoms with Gasteiger partial charge in [0.05, 0.1) is 38.8 Å². The molecule has 8 rings (SSSR count). The van der Waals surface area contributed by atoms with Gasteiger partial charge in [0.2, 0.25) is 0 Å². The number of pyridine rings is 4. The molecular formula is C46H34F6N4O5V. The molecule has 0 unspecified atom stereocenters. The van der Waals surface area contributed by atoms with Gasteiger partial charge in [0.1, 0.15) is 0 Å². The molecule has 0 spiro atoms. The molecule has 315 valence electrons. The quantitative estimate of drug-likeness (QED) is 0.135. The van der Waals surface area contributed by atoms with Gasteiger partial charge in [0, 0.05) is 81.6 Å². The zero-order valence-corrected chi connectivity index (χ0v) is 34.6. The third-order valence-electron chi connectivity index (χ3n) is 8.90. The third kappa shape index (κ3) is 12.6. The van der Waals surface area contributed by atoms with E-state index in [-0.39, 0.29) is 46.9 Å². The van der Waals surface area contributed by atoms with Gasteiger partial charge in [-0.15, -0.1) is 0 Å². The smallest absolute Gasteiger partial charge is 0.417 e. The number of carboxylic acid groups (broad SMARTS) is 1. The van der Waals surface area contributed by atoms with Gasteiger partial charge < -0.3 is 5.11 Å². The molecule has 0 aliphatic carbocycles. The second-order valence-electron chi connectivity index (χ2n) is 13.6. The maximum absolute atomic E-state index is 12.5. The Morgan fingerprint density at radius 2 is 0.823 bits per heavy atom. The van der Waals surface area contributed by atoms with E-state index >= 15 is 0 Å². The summed E-state index contributed by atoms with van der Waals surface area (Å²) in [5.41, 5.74) is 3.79. The molecule has 4 aromatic carbocycles. The molecule has 0 saturated heterocycles. The first-order valence-corrected chi connectivity index (χ1v) is 18.1. The minimum Gasteiger partial charge on any atom is -0.478 e. The van der Waals surface area contributed by atoms with E-state index < -0.39 is 29.4 Å². The average Bonchev–Trinajstić information content (AvgIpc) is 3.22. The number of Topliss-reactive ketones (excluding diaryl/α,β-unsaturated/α-hetero) is 3. The molecule has 1 radical (unpaired) electrons. The molecule has 0 bridgehead atoms. The number of carboxylic acids is 1. The summed E-state index contributed by atoms with van der Waals surface area (Å²) in [4.78, 5) is 59.8. The number of carbonyl (C=O) groups excluding carboxylic acids is 3. The molecular weight excluding hydrogens is 853 g/mol. The monoisotopic (exact) mass is 887 g/mol. The Morgan fingerprint density at radius 3 is 1.23 bits per heavy atom. The van der Waals surface area contributed by atoms with E-state index in [0.717, 1.165) is 63.0 Å². The molecule has 0 aliphatic heterocycles. The van der Waals surface area contributed by atoms with Crippen LogP contribution in [0.1, 0.15) is 78.9 Å². The van der Waals surface area contributed by atoms with Crippen LogP contribution in [0, 0.1) is 6.92 Å². The topological polar surface area (TPSA) is 140 Å². The molecule has 16 heteroatoms. The number of aryl methyl sites for hydroxylation is 1. The van der Waals surface area contributed by atoms with Crippen LogP contribution in [0.2, 0.25) is 0 Å². The molecule has 0 saturated carbocycles. The van der Waals surface area contributed by atoms with Gasteiger partial charge >= 0.3 is 18.3 Å². The van der Waals surface area contributed by atoms with Crippen molar-refractivity contribution < 1.29 is 69.2 Å². The maximum atomic E-state index is 12.5. The molecule has 0 amide bonds. The SMILES string of the molecule is CC(=O)c1ccc2ncc(C(F)(F)F)cc2c1.CC(=O)c1ccc2ncc(C)cc2c1.CC(=O)c1ccc2ncccc2c1.O=C(O)c1ccc2ncc(C(F)(F)F)cc2c1.[V]. The van der Waals surface area contributed by atoms with Gasteiger partial charge in [0.15, 0.2) is 17.3 Å². The van der Waals surface area contributed by atoms with Crippen molar-refractivity contribution in [2.45, 2.75) is 40.0 Å². The Morgan fingerprint density at radius 1 is 0.468 bits per heavy atom. The number of hydrogen-bond acceptors (Lipinski definition) is 8. The van der Waals surface area contributed by atoms with E-state index in [1.54, 1.807) is 32.2 Å². The summed E-state index contributed by atoms with van der Waals surface area (Å²) in [6, 6.07) is 27.2. The van der Waals surface area contributed by atoms with Gasteiger partial charge in [-0.1, -0.05) is 6.07 Å². The van der Waals surface area contributed by atoms with Crippen molar-refractivity contribution in [3.8, 4) is 0 Å². The summed E-state index contributed by atoms with van der Waals surface area (Å²) in [7, 11) is 0. The first-order chi connectivity index (χ1) is 28.7. The van der Waals surface area contributed by atoms with Crippen LogP contribution in [0.15, 0.2) is 128 Å². The van der Waals surface area contributed by atoms with Gasteiger partial charge in [-0.25, -0.2) is 4.79 Å². The molecule has 62 heavy (non-hydrogen) atoms. The molecule has 0 atom stereocenters. The van der Waals surface area contributed by atoms with E-state index in [4.69, 9.17) is 5.11 Å². The standard InChI is InChI=1S/C12H8F3NO.C12H11NO.C11H6F3NO2.C11H9NO.V/c1-7(17)8-2-3-11-9(4-8)5-10(6-16-11)12(13,14)15;1-8-5-11-6-10(9(2)14)3-4-12(11)13-7-8;12-11(13,14)8-4-7-3-6(10(16)17)1-2-9(7)15-5-8;1-8(13)9-4-5-11-10(7-9)3-2-6-12-11;/h2-6H,1H3;3-7H,1-2H3;1-5H,(H,16,17);2-7H,1H3;. The first-order valence-electron chi connectivity index (χ1n) is 18.1. The van der Waals surface area contributed by atoms with Crippen molar-refractivity contribution in [1.29, 1.82) is 0 Å². The Labute approximate surface area is 361 Å². The zero-order valence-electron chi connectivity index (χ0n) is 33.2. The van der Waals surface area contributed by atoms with Crippen LogP contribution in [0.4, 0.5) is 26.3 Å². The van der Waals surface area contributed by atoms with Crippen molar-refractivity contribution in [2.75, 3.05) is 0 Å². The minimum atomic E-state index is -4.49. The Balaban J connectivity index is 0.000000182. The van der Waals surface area contributed by atoms with Crippen molar-refractivity contribution in [2.24, 2.45) is 0 Å². The van der Waals surface area contributed by atoms with Crippen LogP contribution in [-0.4, -0.2) is 48.4 Å². The molecule has 4 aromatic heterocycles. The fourth-order valence-electron chi connectivity index (χ4n) is 5.68. The summed E-state index contributed by atoms with van der Waals surface area (Å²) in [6.07, 6.45) is -3.82. The van der Waals surface area contributed by atoms with Crippen LogP contribution >= 0.6 is 0 Å². The zero-order chi connectivity index (χ0) is 44.6. The van der Waals surface area contributed by atoms with Crippen LogP contribution in [0.25, 0.3) is 43.6 Å². The van der Waals surface area contributed by atoms with Crippen molar-refractivity contribution in [1.82, 2.24) is 19.9 Å². The summed E-state index contributed by atoms with van der Waals surface area (Å²) in [5.74, 6) is -1.20. The summed E-state index contributed by atoms with van der Waals surface area (Å²) in [5, 5.41) is 11.2. The molecule has 1 N–H and O–H groups in total. The minimum absolute atomic E-state index is 0. The Hall–Kier alpha value is -6.84. The molecule has 0 fully saturated rings. The number of fused-ring (bicyclic) bond motifs is 4. The number of aromatic nitrogens is 4. The third-order valence-corrected chi connectivity index (χ3v) is 8.90. The van der Waals surface area contributed by atoms with E-state index in [1.807, 2.05) is 61.7 Å². The number of alkyl halides is 6. The summed E-state index contributed by atoms with van der Waals surface area (Å²) in [6.45, 7) is 6.50. The second-order valence-corrected chi connectivity index (χ2v) is 13.6. The first kappa shape index (κ1) is 47.8. The number of ketones is 3. The normalized spacial score (nSPS) is 10.9. The molecule has 9 nitrogen and oxygen atoms in total. The van der Waals surface area contributed by atoms with E-state index in [0.29, 0.717) is 22.0 Å². The predicted octanol–water partition coefficient (Wildman–Crippen LogP) is 11.6. The Bertz CT molecular complexity index is 2850. The van der Waals surface area contributed by atoms with Crippen LogP contribution in [0.5, 0.6) is 0 Å². The van der Waals surface area contributed by atoms with Gasteiger partial charge in [0.25, 0.3) is 0 Å². The van der Waals surface area contributed by atoms with Crippen molar-refractivity contribution in [3.63, 3.8) is 0 Å². The van der Waals surface area contributed by atoms with E-state index in [9.17, 15) is 45.5 Å². The number of aromatic carboxylic acids is 1. The maximum Gasteiger partial charge on any atom is 0.417 e. The van der Waals surface area contributed by atoms with Crippen molar-refractivity contribution >= 4 is 66.9 Å². The fourth-order valence-corrected chi connectivity index (χ4v) is 5.68. The number of benzene rings is 4. The number of nitrogens with zero attached hydrogens (tertiary/aromatic N) is 4. The molecule has 8 aromatic rings. The van der Waals surface area contributed by atoms with Gasteiger partial charge in [-0.2, -0.15) is 26.3 Å². The molecule has 0 aliphatic rings. The van der Waals surface area contributed by atoms with Gasteiger partial charge in [-0.3, -0.25) is 34.3 Å². The van der Waals surface area contributed by atoms with Crippen LogP contribution in [0.3, 0.4) is 0 Å². The summed E-state index contributed by atoms with van der Waals surface area (Å²) < 4.78 is 74.7. The van der Waals surface area contributed by atoms with E-state index in [2.05, 4.69) is 19.9 Å². The second kappa shape index (κ2) is 20.2. The average molecular weight is 888 g/mol. The Kier molecular flexibility index (Phi) is 15.5. The number of hydrogen-bond donors (Lipinski definition) is 1. The predicted molar refractivity (Wildman–Crippen MR) is 219 cm³/mol. The fraction of sp³-hybridized carbons (Fsp3) is 0.130. The van der Waals surface area contributed by atoms with Gasteiger partial charge in [-0.05, 0) is 130 Å². The van der Waals surface area contributed by atoms with Crippen molar-refractivity contribution in [3.05, 3.63) is 167 Å². The van der Waals surface area contributed by atoms with Crippen LogP contribution in [-0.2, 0) is 30.9 Å². The van der Waals surface area contributed by atoms with E-state index in [1.165, 1.54) is 37.3 Å². The number of halogens is 6. The number of rotatable bonds is 4.